The van der Waals surface area contributed by atoms with Gasteiger partial charge in [-0.2, -0.15) is 0 Å². The molecule has 30 heavy (non-hydrogen) atoms. The Kier molecular flexibility index (Phi) is 6.32. The molecule has 0 unspecified atom stereocenters. The molecule has 0 atom stereocenters. The number of anilines is 3. The number of thiazole rings is 1. The number of nitrogens with one attached hydrogen (secondary N) is 2. The first kappa shape index (κ1) is 21.7. The number of hydrogen-bond acceptors (Lipinski definition) is 9. The largest absolute Gasteiger partial charge is 0.462 e. The van der Waals surface area contributed by atoms with Crippen LogP contribution in [0, 0.1) is 20.8 Å². The highest BCUT2D eigenvalue weighted by atomic mass is 32.2. The van der Waals surface area contributed by atoms with Crippen LogP contribution in [0.4, 0.5) is 16.8 Å². The fourth-order valence-electron chi connectivity index (χ4n) is 2.63. The molecule has 0 amide bonds. The molecule has 3 rings (SSSR count). The number of aromatic nitrogens is 3. The summed E-state index contributed by atoms with van der Waals surface area (Å²) >= 11 is 1.17. The number of esters is 1. The maximum atomic E-state index is 12.6. The van der Waals surface area contributed by atoms with E-state index in [9.17, 15) is 13.2 Å². The molecule has 3 aromatic rings. The standard InChI is InChI=1S/C19H21N5O4S2/c1-5-28-17(25)16-13(4)22-19(29-16)23-14-6-8-15(9-7-14)30(26,27)24-18-20-11(2)10-12(3)21-18/h6-10H,5H2,1-4H3,(H,22,23)(H,20,21,24). The summed E-state index contributed by atoms with van der Waals surface area (Å²) in [6, 6.07) is 7.89. The van der Waals surface area contributed by atoms with Crippen molar-refractivity contribution in [1.82, 2.24) is 15.0 Å². The lowest BCUT2D eigenvalue weighted by molar-refractivity contribution is 0.0531. The van der Waals surface area contributed by atoms with E-state index in [0.29, 0.717) is 32.8 Å². The second kappa shape index (κ2) is 8.76. The zero-order valence-corrected chi connectivity index (χ0v) is 18.5. The van der Waals surface area contributed by atoms with Gasteiger partial charge in [-0.05, 0) is 58.0 Å². The molecular weight excluding hydrogens is 426 g/mol. The smallest absolute Gasteiger partial charge is 0.350 e. The number of hydrogen-bond donors (Lipinski definition) is 2. The predicted molar refractivity (Wildman–Crippen MR) is 115 cm³/mol. The summed E-state index contributed by atoms with van der Waals surface area (Å²) in [5.74, 6) is -0.388. The average molecular weight is 448 g/mol. The Hall–Kier alpha value is -3.05. The van der Waals surface area contributed by atoms with Gasteiger partial charge in [0.15, 0.2) is 5.13 Å². The normalized spacial score (nSPS) is 11.2. The molecule has 0 aliphatic heterocycles. The Morgan fingerprint density at radius 3 is 2.30 bits per heavy atom. The topological polar surface area (TPSA) is 123 Å². The molecule has 11 heteroatoms. The minimum absolute atomic E-state index is 0.0273. The number of sulfonamides is 1. The molecule has 0 aliphatic rings. The van der Waals surface area contributed by atoms with Crippen LogP contribution in [0.5, 0.6) is 0 Å². The Morgan fingerprint density at radius 2 is 1.70 bits per heavy atom. The Labute approximate surface area is 178 Å². The van der Waals surface area contributed by atoms with Crippen LogP contribution in [0.15, 0.2) is 35.2 Å². The molecular formula is C19H21N5O4S2. The number of nitrogens with zero attached hydrogens (tertiary/aromatic N) is 3. The second-order valence-electron chi connectivity index (χ2n) is 6.38. The van der Waals surface area contributed by atoms with E-state index in [1.165, 1.54) is 23.5 Å². The van der Waals surface area contributed by atoms with Crippen molar-refractivity contribution in [3.05, 3.63) is 52.3 Å². The van der Waals surface area contributed by atoms with Crippen LogP contribution in [0.3, 0.4) is 0 Å². The first-order chi connectivity index (χ1) is 14.2. The number of ether oxygens (including phenoxy) is 1. The molecule has 2 heterocycles. The van der Waals surface area contributed by atoms with Crippen LogP contribution >= 0.6 is 11.3 Å². The van der Waals surface area contributed by atoms with Crippen LogP contribution in [-0.2, 0) is 14.8 Å². The lowest BCUT2D eigenvalue weighted by atomic mass is 10.3. The first-order valence-corrected chi connectivity index (χ1v) is 11.3. The summed E-state index contributed by atoms with van der Waals surface area (Å²) in [4.78, 5) is 24.9. The van der Waals surface area contributed by atoms with E-state index >= 15 is 0 Å². The third kappa shape index (κ3) is 5.10. The van der Waals surface area contributed by atoms with Crippen molar-refractivity contribution in [3.63, 3.8) is 0 Å². The van der Waals surface area contributed by atoms with Gasteiger partial charge in [-0.3, -0.25) is 0 Å². The van der Waals surface area contributed by atoms with E-state index in [1.54, 1.807) is 45.9 Å². The first-order valence-electron chi connectivity index (χ1n) is 9.04. The van der Waals surface area contributed by atoms with E-state index in [4.69, 9.17) is 4.74 Å². The molecule has 0 saturated carbocycles. The summed E-state index contributed by atoms with van der Waals surface area (Å²) in [7, 11) is -3.83. The van der Waals surface area contributed by atoms with Gasteiger partial charge in [0, 0.05) is 17.1 Å². The average Bonchev–Trinajstić information content (AvgIpc) is 3.01. The molecule has 0 saturated heterocycles. The maximum absolute atomic E-state index is 12.6. The third-order valence-electron chi connectivity index (χ3n) is 3.88. The van der Waals surface area contributed by atoms with Crippen molar-refractivity contribution >= 4 is 44.1 Å². The van der Waals surface area contributed by atoms with Gasteiger partial charge in [-0.1, -0.05) is 11.3 Å². The highest BCUT2D eigenvalue weighted by molar-refractivity contribution is 7.92. The fraction of sp³-hybridized carbons (Fsp3) is 0.263. The van der Waals surface area contributed by atoms with E-state index in [2.05, 4.69) is 25.0 Å². The fourth-order valence-corrected chi connectivity index (χ4v) is 4.45. The van der Waals surface area contributed by atoms with Gasteiger partial charge in [-0.25, -0.2) is 32.9 Å². The minimum atomic E-state index is -3.83. The number of benzene rings is 1. The van der Waals surface area contributed by atoms with Crippen LogP contribution in [0.2, 0.25) is 0 Å². The van der Waals surface area contributed by atoms with Gasteiger partial charge in [0.2, 0.25) is 5.95 Å². The van der Waals surface area contributed by atoms with Crippen molar-refractivity contribution in [2.75, 3.05) is 16.6 Å². The maximum Gasteiger partial charge on any atom is 0.350 e. The molecule has 0 fully saturated rings. The van der Waals surface area contributed by atoms with Crippen LogP contribution < -0.4 is 10.0 Å². The van der Waals surface area contributed by atoms with Crippen LogP contribution in [-0.4, -0.2) is 35.9 Å². The van der Waals surface area contributed by atoms with Crippen molar-refractivity contribution in [2.45, 2.75) is 32.6 Å². The highest BCUT2D eigenvalue weighted by Crippen LogP contribution is 2.27. The van der Waals surface area contributed by atoms with Gasteiger partial charge < -0.3 is 10.1 Å². The quantitative estimate of drug-likeness (QED) is 0.527. The van der Waals surface area contributed by atoms with Gasteiger partial charge in [0.25, 0.3) is 10.0 Å². The molecule has 2 N–H and O–H groups in total. The van der Waals surface area contributed by atoms with E-state index in [1.807, 2.05) is 0 Å². The summed E-state index contributed by atoms with van der Waals surface area (Å²) in [5, 5.41) is 3.57. The van der Waals surface area contributed by atoms with Crippen LogP contribution in [0.25, 0.3) is 0 Å². The molecule has 0 spiro atoms. The summed E-state index contributed by atoms with van der Waals surface area (Å²) in [5.41, 5.74) is 2.53. The Bertz CT molecular complexity index is 1150. The molecule has 158 valence electrons. The van der Waals surface area contributed by atoms with Crippen molar-refractivity contribution < 1.29 is 17.9 Å². The summed E-state index contributed by atoms with van der Waals surface area (Å²) in [6.45, 7) is 7.28. The van der Waals surface area contributed by atoms with E-state index in [-0.39, 0.29) is 17.5 Å². The SMILES string of the molecule is CCOC(=O)c1sc(Nc2ccc(S(=O)(=O)Nc3nc(C)cc(C)n3)cc2)nc1C. The van der Waals surface area contributed by atoms with Gasteiger partial charge in [0.1, 0.15) is 4.88 Å². The van der Waals surface area contributed by atoms with E-state index in [0.717, 1.165) is 0 Å². The lowest BCUT2D eigenvalue weighted by Crippen LogP contribution is -2.15. The van der Waals surface area contributed by atoms with Crippen LogP contribution in [0.1, 0.15) is 33.7 Å². The minimum Gasteiger partial charge on any atom is -0.462 e. The predicted octanol–water partition coefficient (Wildman–Crippen LogP) is 3.58. The number of carbonyl (C=O) groups is 1. The number of carbonyl (C=O) groups excluding carboxylic acids is 1. The van der Waals surface area contributed by atoms with Crippen molar-refractivity contribution in [3.8, 4) is 0 Å². The monoisotopic (exact) mass is 447 g/mol. The number of aryl methyl sites for hydroxylation is 3. The molecule has 0 bridgehead atoms. The van der Waals surface area contributed by atoms with Crippen molar-refractivity contribution in [2.24, 2.45) is 0 Å². The third-order valence-corrected chi connectivity index (χ3v) is 6.28. The number of rotatable bonds is 7. The van der Waals surface area contributed by atoms with Gasteiger partial charge in [0.05, 0.1) is 17.2 Å². The second-order valence-corrected chi connectivity index (χ2v) is 9.06. The molecule has 0 radical (unpaired) electrons. The Balaban J connectivity index is 1.74. The molecule has 0 aliphatic carbocycles. The molecule has 2 aromatic heterocycles. The summed E-state index contributed by atoms with van der Waals surface area (Å²) < 4.78 is 32.6. The zero-order valence-electron chi connectivity index (χ0n) is 16.9. The lowest BCUT2D eigenvalue weighted by Gasteiger charge is -2.09. The highest BCUT2D eigenvalue weighted by Gasteiger charge is 2.18. The summed E-state index contributed by atoms with van der Waals surface area (Å²) in [6.07, 6.45) is 0. The zero-order chi connectivity index (χ0) is 21.9. The Morgan fingerprint density at radius 1 is 1.07 bits per heavy atom. The molecule has 1 aromatic carbocycles. The van der Waals surface area contributed by atoms with E-state index < -0.39 is 16.0 Å². The van der Waals surface area contributed by atoms with Gasteiger partial charge in [-0.15, -0.1) is 0 Å². The van der Waals surface area contributed by atoms with Crippen molar-refractivity contribution in [1.29, 1.82) is 0 Å². The molecule has 9 nitrogen and oxygen atoms in total. The van der Waals surface area contributed by atoms with Gasteiger partial charge >= 0.3 is 5.97 Å².